The van der Waals surface area contributed by atoms with E-state index in [-0.39, 0.29) is 11.2 Å². The number of ether oxygens (including phenoxy) is 1. The van der Waals surface area contributed by atoms with Crippen molar-refractivity contribution in [3.63, 3.8) is 0 Å². The van der Waals surface area contributed by atoms with Gasteiger partial charge in [-0.25, -0.2) is 0 Å². The van der Waals surface area contributed by atoms with Crippen molar-refractivity contribution in [3.05, 3.63) is 0 Å². The number of thioether (sulfide) groups is 1. The Balaban J connectivity index is 2.28. The third-order valence-electron chi connectivity index (χ3n) is 3.57. The van der Waals surface area contributed by atoms with E-state index in [4.69, 9.17) is 5.73 Å². The van der Waals surface area contributed by atoms with Gasteiger partial charge in [-0.1, -0.05) is 12.8 Å². The van der Waals surface area contributed by atoms with Crippen LogP contribution in [0.2, 0.25) is 0 Å². The van der Waals surface area contributed by atoms with Gasteiger partial charge in [-0.15, -0.1) is 11.8 Å². The van der Waals surface area contributed by atoms with E-state index in [0.29, 0.717) is 12.2 Å². The number of hydrogen-bond acceptors (Lipinski definition) is 5. The molecule has 1 aliphatic rings. The number of nitrogens with zero attached hydrogens (tertiary/aromatic N) is 1. The minimum absolute atomic E-state index is 0.0713. The standard InChI is InChI=1S/C14H26N2O3S/c1-11(20-10-7-12(15)14(18)19-2)13(17)16-8-5-3-4-6-9-16/h11-12H,3-10,15H2,1-2H3. The predicted octanol–water partition coefficient (Wildman–Crippen LogP) is 1.40. The fourth-order valence-electron chi connectivity index (χ4n) is 2.26. The van der Waals surface area contributed by atoms with Crippen LogP contribution < -0.4 is 5.73 Å². The normalized spacial score (nSPS) is 19.1. The highest BCUT2D eigenvalue weighted by atomic mass is 32.2. The van der Waals surface area contributed by atoms with Gasteiger partial charge in [0, 0.05) is 13.1 Å². The van der Waals surface area contributed by atoms with Gasteiger partial charge in [-0.05, 0) is 31.9 Å². The molecule has 0 aromatic heterocycles. The Kier molecular flexibility index (Phi) is 7.99. The van der Waals surface area contributed by atoms with Gasteiger partial charge in [-0.2, -0.15) is 0 Å². The van der Waals surface area contributed by atoms with Gasteiger partial charge in [0.25, 0.3) is 0 Å². The molecule has 1 saturated heterocycles. The van der Waals surface area contributed by atoms with Crippen molar-refractivity contribution in [2.75, 3.05) is 26.0 Å². The Hall–Kier alpha value is -0.750. The van der Waals surface area contributed by atoms with Crippen LogP contribution in [-0.2, 0) is 14.3 Å². The molecular formula is C14H26N2O3S. The van der Waals surface area contributed by atoms with Crippen LogP contribution in [0.1, 0.15) is 39.0 Å². The molecule has 0 bridgehead atoms. The van der Waals surface area contributed by atoms with Crippen LogP contribution in [0, 0.1) is 0 Å². The maximum atomic E-state index is 12.3. The maximum absolute atomic E-state index is 12.3. The van der Waals surface area contributed by atoms with Gasteiger partial charge in [-0.3, -0.25) is 9.59 Å². The number of carbonyl (C=O) groups is 2. The number of nitrogens with two attached hydrogens (primary N) is 1. The third-order valence-corrected chi connectivity index (χ3v) is 4.74. The van der Waals surface area contributed by atoms with Crippen molar-refractivity contribution < 1.29 is 14.3 Å². The lowest BCUT2D eigenvalue weighted by atomic mass is 10.2. The fraction of sp³-hybridized carbons (Fsp3) is 0.857. The van der Waals surface area contributed by atoms with Crippen molar-refractivity contribution >= 4 is 23.6 Å². The first-order valence-corrected chi connectivity index (χ1v) is 8.35. The second-order valence-corrected chi connectivity index (χ2v) is 6.62. The number of hydrogen-bond donors (Lipinski definition) is 1. The summed E-state index contributed by atoms with van der Waals surface area (Å²) in [5, 5.41) is -0.0713. The predicted molar refractivity (Wildman–Crippen MR) is 81.6 cm³/mol. The summed E-state index contributed by atoms with van der Waals surface area (Å²) >= 11 is 1.56. The lowest BCUT2D eigenvalue weighted by Gasteiger charge is -2.24. The summed E-state index contributed by atoms with van der Waals surface area (Å²) in [6.07, 6.45) is 5.19. The van der Waals surface area contributed by atoms with Crippen LogP contribution in [0.4, 0.5) is 0 Å². The van der Waals surface area contributed by atoms with E-state index < -0.39 is 12.0 Å². The van der Waals surface area contributed by atoms with Crippen LogP contribution >= 0.6 is 11.8 Å². The average Bonchev–Trinajstić information content (AvgIpc) is 2.74. The molecule has 1 aliphatic heterocycles. The van der Waals surface area contributed by atoms with Gasteiger partial charge in [0.05, 0.1) is 12.4 Å². The average molecular weight is 302 g/mol. The molecule has 2 atom stereocenters. The van der Waals surface area contributed by atoms with Crippen molar-refractivity contribution in [2.24, 2.45) is 5.73 Å². The molecule has 6 heteroatoms. The number of amides is 1. The highest BCUT2D eigenvalue weighted by Gasteiger charge is 2.22. The molecule has 2 unspecified atom stereocenters. The molecule has 0 saturated carbocycles. The summed E-state index contributed by atoms with van der Waals surface area (Å²) in [7, 11) is 1.33. The molecule has 1 rings (SSSR count). The Bertz CT molecular complexity index is 318. The number of rotatable bonds is 6. The molecule has 0 aromatic carbocycles. The van der Waals surface area contributed by atoms with Crippen molar-refractivity contribution in [1.29, 1.82) is 0 Å². The van der Waals surface area contributed by atoms with Gasteiger partial charge in [0.2, 0.25) is 5.91 Å². The van der Waals surface area contributed by atoms with Crippen LogP contribution in [0.5, 0.6) is 0 Å². The minimum Gasteiger partial charge on any atom is -0.468 e. The molecule has 5 nitrogen and oxygen atoms in total. The minimum atomic E-state index is -0.590. The quantitative estimate of drug-likeness (QED) is 0.751. The first kappa shape index (κ1) is 17.3. The van der Waals surface area contributed by atoms with Gasteiger partial charge >= 0.3 is 5.97 Å². The lowest BCUT2D eigenvalue weighted by Crippen LogP contribution is -2.37. The zero-order valence-electron chi connectivity index (χ0n) is 12.5. The number of likely N-dealkylation sites (tertiary alicyclic amines) is 1. The van der Waals surface area contributed by atoms with E-state index in [2.05, 4.69) is 4.74 Å². The zero-order chi connectivity index (χ0) is 15.0. The number of esters is 1. The Morgan fingerprint density at radius 1 is 1.25 bits per heavy atom. The molecule has 20 heavy (non-hydrogen) atoms. The van der Waals surface area contributed by atoms with Gasteiger partial charge in [0.1, 0.15) is 6.04 Å². The summed E-state index contributed by atoms with van der Waals surface area (Å²) in [6.45, 7) is 3.69. The lowest BCUT2D eigenvalue weighted by molar-refractivity contribution is -0.142. The topological polar surface area (TPSA) is 72.6 Å². The SMILES string of the molecule is COC(=O)C(N)CCSC(C)C(=O)N1CCCCCC1. The highest BCUT2D eigenvalue weighted by Crippen LogP contribution is 2.18. The van der Waals surface area contributed by atoms with Crippen LogP contribution in [-0.4, -0.2) is 54.0 Å². The molecule has 1 amide bonds. The second-order valence-electron chi connectivity index (χ2n) is 5.17. The van der Waals surface area contributed by atoms with Crippen LogP contribution in [0.3, 0.4) is 0 Å². The summed E-state index contributed by atoms with van der Waals surface area (Å²) in [4.78, 5) is 25.5. The molecule has 1 heterocycles. The Labute approximate surface area is 125 Å². The summed E-state index contributed by atoms with van der Waals surface area (Å²) in [6, 6.07) is -0.590. The van der Waals surface area contributed by atoms with E-state index in [1.807, 2.05) is 11.8 Å². The number of carbonyl (C=O) groups excluding carboxylic acids is 2. The Morgan fingerprint density at radius 3 is 2.40 bits per heavy atom. The van der Waals surface area contributed by atoms with Gasteiger partial charge in [0.15, 0.2) is 0 Å². The summed E-state index contributed by atoms with van der Waals surface area (Å²) in [5.74, 6) is 0.512. The Morgan fingerprint density at radius 2 is 1.85 bits per heavy atom. The van der Waals surface area contributed by atoms with Crippen molar-refractivity contribution in [2.45, 2.75) is 50.3 Å². The monoisotopic (exact) mass is 302 g/mol. The first-order chi connectivity index (χ1) is 9.56. The van der Waals surface area contributed by atoms with E-state index in [1.54, 1.807) is 11.8 Å². The molecular weight excluding hydrogens is 276 g/mol. The van der Waals surface area contributed by atoms with E-state index in [1.165, 1.54) is 20.0 Å². The van der Waals surface area contributed by atoms with E-state index in [9.17, 15) is 9.59 Å². The van der Waals surface area contributed by atoms with Gasteiger partial charge < -0.3 is 15.4 Å². The van der Waals surface area contributed by atoms with Crippen LogP contribution in [0.25, 0.3) is 0 Å². The summed E-state index contributed by atoms with van der Waals surface area (Å²) < 4.78 is 4.58. The smallest absolute Gasteiger partial charge is 0.322 e. The summed E-state index contributed by atoms with van der Waals surface area (Å²) in [5.41, 5.74) is 5.67. The van der Waals surface area contributed by atoms with Crippen LogP contribution in [0.15, 0.2) is 0 Å². The van der Waals surface area contributed by atoms with Crippen molar-refractivity contribution in [3.8, 4) is 0 Å². The molecule has 0 aliphatic carbocycles. The third kappa shape index (κ3) is 5.71. The van der Waals surface area contributed by atoms with Crippen molar-refractivity contribution in [1.82, 2.24) is 4.90 Å². The molecule has 2 N–H and O–H groups in total. The molecule has 0 radical (unpaired) electrons. The zero-order valence-corrected chi connectivity index (χ0v) is 13.3. The molecule has 116 valence electrons. The highest BCUT2D eigenvalue weighted by molar-refractivity contribution is 8.00. The van der Waals surface area contributed by atoms with E-state index >= 15 is 0 Å². The van der Waals surface area contributed by atoms with E-state index in [0.717, 1.165) is 25.9 Å². The maximum Gasteiger partial charge on any atom is 0.322 e. The number of methoxy groups -OCH3 is 1. The molecule has 0 spiro atoms. The molecule has 1 fully saturated rings. The second kappa shape index (κ2) is 9.23. The fourth-order valence-corrected chi connectivity index (χ4v) is 3.30. The first-order valence-electron chi connectivity index (χ1n) is 7.30. The molecule has 0 aromatic rings. The largest absolute Gasteiger partial charge is 0.468 e.